The van der Waals surface area contributed by atoms with Crippen molar-refractivity contribution in [2.45, 2.75) is 19.9 Å². The number of nitrogens with two attached hydrogens (primary N) is 1. The van der Waals surface area contributed by atoms with Crippen LogP contribution in [-0.4, -0.2) is 16.8 Å². The van der Waals surface area contributed by atoms with E-state index in [1.807, 2.05) is 50.0 Å². The summed E-state index contributed by atoms with van der Waals surface area (Å²) < 4.78 is 1.82. The first-order chi connectivity index (χ1) is 8.91. The molecule has 0 radical (unpaired) electrons. The van der Waals surface area contributed by atoms with E-state index in [9.17, 15) is 0 Å². The predicted octanol–water partition coefficient (Wildman–Crippen LogP) is 3.16. The second-order valence-electron chi connectivity index (χ2n) is 4.78. The van der Waals surface area contributed by atoms with Gasteiger partial charge in [0, 0.05) is 19.1 Å². The number of halogens is 1. The van der Waals surface area contributed by atoms with E-state index in [4.69, 9.17) is 17.3 Å². The number of nitrogen functional groups attached to an aromatic ring is 1. The Morgan fingerprint density at radius 2 is 1.89 bits per heavy atom. The minimum atomic E-state index is 0.189. The van der Waals surface area contributed by atoms with Crippen LogP contribution in [-0.2, 0) is 7.05 Å². The van der Waals surface area contributed by atoms with Crippen LogP contribution in [0.25, 0.3) is 0 Å². The highest BCUT2D eigenvalue weighted by Gasteiger charge is 2.19. The molecule has 5 heteroatoms. The molecule has 0 fully saturated rings. The SMILES string of the molecule is Cc1nn(C)c(N(C)C(C)c2ccc(Cl)cc2)c1N. The van der Waals surface area contributed by atoms with Crippen molar-refractivity contribution in [2.24, 2.45) is 7.05 Å². The number of hydrogen-bond donors (Lipinski definition) is 1. The summed E-state index contributed by atoms with van der Waals surface area (Å²) >= 11 is 5.92. The van der Waals surface area contributed by atoms with E-state index in [0.29, 0.717) is 0 Å². The van der Waals surface area contributed by atoms with Gasteiger partial charge in [0.1, 0.15) is 0 Å². The molecule has 2 N–H and O–H groups in total. The van der Waals surface area contributed by atoms with Gasteiger partial charge in [-0.2, -0.15) is 5.10 Å². The molecule has 1 aromatic heterocycles. The first kappa shape index (κ1) is 13.7. The Bertz CT molecular complexity index is 574. The smallest absolute Gasteiger partial charge is 0.150 e. The van der Waals surface area contributed by atoms with Crippen LogP contribution in [0.15, 0.2) is 24.3 Å². The van der Waals surface area contributed by atoms with Gasteiger partial charge in [-0.05, 0) is 31.5 Å². The van der Waals surface area contributed by atoms with E-state index in [1.54, 1.807) is 0 Å². The summed E-state index contributed by atoms with van der Waals surface area (Å²) in [4.78, 5) is 2.12. The lowest BCUT2D eigenvalue weighted by molar-refractivity contribution is 0.674. The highest BCUT2D eigenvalue weighted by atomic mass is 35.5. The summed E-state index contributed by atoms with van der Waals surface area (Å²) in [6, 6.07) is 8.05. The Labute approximate surface area is 118 Å². The largest absolute Gasteiger partial charge is 0.394 e. The van der Waals surface area contributed by atoms with Crippen molar-refractivity contribution < 1.29 is 0 Å². The molecule has 102 valence electrons. The van der Waals surface area contributed by atoms with Gasteiger partial charge in [-0.25, -0.2) is 0 Å². The summed E-state index contributed by atoms with van der Waals surface area (Å²) in [6.45, 7) is 4.05. The van der Waals surface area contributed by atoms with E-state index in [0.717, 1.165) is 22.2 Å². The molecule has 1 aromatic carbocycles. The zero-order valence-electron chi connectivity index (χ0n) is 11.7. The van der Waals surface area contributed by atoms with Crippen molar-refractivity contribution >= 4 is 23.1 Å². The van der Waals surface area contributed by atoms with Crippen LogP contribution in [0.4, 0.5) is 11.5 Å². The second-order valence-corrected chi connectivity index (χ2v) is 5.22. The van der Waals surface area contributed by atoms with Gasteiger partial charge in [0.05, 0.1) is 17.4 Å². The molecule has 0 amide bonds. The van der Waals surface area contributed by atoms with Gasteiger partial charge in [-0.15, -0.1) is 0 Å². The third-order valence-electron chi connectivity index (χ3n) is 3.50. The van der Waals surface area contributed by atoms with Crippen LogP contribution in [0.1, 0.15) is 24.2 Å². The Balaban J connectivity index is 2.33. The minimum Gasteiger partial charge on any atom is -0.394 e. The maximum absolute atomic E-state index is 6.10. The van der Waals surface area contributed by atoms with Crippen molar-refractivity contribution in [1.82, 2.24) is 9.78 Å². The van der Waals surface area contributed by atoms with Crippen molar-refractivity contribution in [3.8, 4) is 0 Å². The van der Waals surface area contributed by atoms with Gasteiger partial charge in [-0.3, -0.25) is 4.68 Å². The normalized spacial score (nSPS) is 12.5. The van der Waals surface area contributed by atoms with Gasteiger partial charge in [-0.1, -0.05) is 23.7 Å². The molecular formula is C14H19ClN4. The van der Waals surface area contributed by atoms with Gasteiger partial charge < -0.3 is 10.6 Å². The van der Waals surface area contributed by atoms with Crippen molar-refractivity contribution in [2.75, 3.05) is 17.7 Å². The monoisotopic (exact) mass is 278 g/mol. The lowest BCUT2D eigenvalue weighted by atomic mass is 10.1. The fourth-order valence-corrected chi connectivity index (χ4v) is 2.35. The summed E-state index contributed by atoms with van der Waals surface area (Å²) in [5.41, 5.74) is 8.87. The fourth-order valence-electron chi connectivity index (χ4n) is 2.23. The standard InChI is InChI=1S/C14H19ClN4/c1-9-13(16)14(19(4)17-9)18(3)10(2)11-5-7-12(15)8-6-11/h5-8,10H,16H2,1-4H3. The van der Waals surface area contributed by atoms with Gasteiger partial charge >= 0.3 is 0 Å². The maximum Gasteiger partial charge on any atom is 0.150 e. The van der Waals surface area contributed by atoms with Crippen LogP contribution in [0, 0.1) is 6.92 Å². The van der Waals surface area contributed by atoms with Gasteiger partial charge in [0.25, 0.3) is 0 Å². The third-order valence-corrected chi connectivity index (χ3v) is 3.76. The zero-order chi connectivity index (χ0) is 14.2. The topological polar surface area (TPSA) is 47.1 Å². The molecule has 0 aliphatic rings. The Morgan fingerprint density at radius 3 is 2.37 bits per heavy atom. The highest BCUT2D eigenvalue weighted by molar-refractivity contribution is 6.30. The summed E-state index contributed by atoms with van der Waals surface area (Å²) in [5, 5.41) is 5.10. The molecule has 0 saturated carbocycles. The lowest BCUT2D eigenvalue weighted by Crippen LogP contribution is -2.24. The van der Waals surface area contributed by atoms with Gasteiger partial charge in [0.15, 0.2) is 5.82 Å². The maximum atomic E-state index is 6.10. The van der Waals surface area contributed by atoms with Crippen LogP contribution in [0.2, 0.25) is 5.02 Å². The number of aryl methyl sites for hydroxylation is 2. The molecule has 2 rings (SSSR count). The van der Waals surface area contributed by atoms with Gasteiger partial charge in [0.2, 0.25) is 0 Å². The molecule has 0 bridgehead atoms. The zero-order valence-corrected chi connectivity index (χ0v) is 12.4. The number of aromatic nitrogens is 2. The molecule has 0 saturated heterocycles. The first-order valence-corrected chi connectivity index (χ1v) is 6.57. The molecule has 0 aliphatic heterocycles. The molecule has 1 unspecified atom stereocenters. The second kappa shape index (κ2) is 5.13. The predicted molar refractivity (Wildman–Crippen MR) is 80.6 cm³/mol. The van der Waals surface area contributed by atoms with E-state index in [1.165, 1.54) is 5.56 Å². The van der Waals surface area contributed by atoms with E-state index in [-0.39, 0.29) is 6.04 Å². The summed E-state index contributed by atoms with van der Waals surface area (Å²) in [7, 11) is 3.93. The van der Waals surface area contributed by atoms with Crippen LogP contribution < -0.4 is 10.6 Å². The van der Waals surface area contributed by atoms with E-state index >= 15 is 0 Å². The first-order valence-electron chi connectivity index (χ1n) is 6.19. The minimum absolute atomic E-state index is 0.189. The van der Waals surface area contributed by atoms with Crippen LogP contribution in [0.5, 0.6) is 0 Å². The average molecular weight is 279 g/mol. The number of rotatable bonds is 3. The molecular weight excluding hydrogens is 260 g/mol. The molecule has 4 nitrogen and oxygen atoms in total. The van der Waals surface area contributed by atoms with E-state index in [2.05, 4.69) is 16.9 Å². The molecule has 1 heterocycles. The van der Waals surface area contributed by atoms with Crippen LogP contribution >= 0.6 is 11.6 Å². The molecule has 0 spiro atoms. The van der Waals surface area contributed by atoms with Crippen LogP contribution in [0.3, 0.4) is 0 Å². The lowest BCUT2D eigenvalue weighted by Gasteiger charge is -2.27. The Morgan fingerprint density at radius 1 is 1.32 bits per heavy atom. The average Bonchev–Trinajstić information content (AvgIpc) is 2.62. The van der Waals surface area contributed by atoms with E-state index < -0.39 is 0 Å². The molecule has 0 aliphatic carbocycles. The summed E-state index contributed by atoms with van der Waals surface area (Å²) in [5.74, 6) is 0.931. The Hall–Kier alpha value is -1.68. The van der Waals surface area contributed by atoms with Crippen molar-refractivity contribution in [3.63, 3.8) is 0 Å². The number of nitrogens with zero attached hydrogens (tertiary/aromatic N) is 3. The highest BCUT2D eigenvalue weighted by Crippen LogP contribution is 2.31. The molecule has 19 heavy (non-hydrogen) atoms. The third kappa shape index (κ3) is 2.54. The molecule has 1 atom stereocenters. The molecule has 2 aromatic rings. The fraction of sp³-hybridized carbons (Fsp3) is 0.357. The number of hydrogen-bond acceptors (Lipinski definition) is 3. The summed E-state index contributed by atoms with van der Waals surface area (Å²) in [6.07, 6.45) is 0. The number of anilines is 2. The van der Waals surface area contributed by atoms with Crippen molar-refractivity contribution in [1.29, 1.82) is 0 Å². The quantitative estimate of drug-likeness (QED) is 0.938. The Kier molecular flexibility index (Phi) is 3.71. The number of benzene rings is 1. The van der Waals surface area contributed by atoms with Crippen molar-refractivity contribution in [3.05, 3.63) is 40.5 Å².